The highest BCUT2D eigenvalue weighted by Crippen LogP contribution is 2.45. The van der Waals surface area contributed by atoms with Gasteiger partial charge in [0.2, 0.25) is 11.8 Å². The summed E-state index contributed by atoms with van der Waals surface area (Å²) in [4.78, 5) is 38.1. The predicted octanol–water partition coefficient (Wildman–Crippen LogP) is -1.42. The van der Waals surface area contributed by atoms with Crippen molar-refractivity contribution in [2.24, 2.45) is 5.92 Å². The molecular weight excluding hydrogens is 304 g/mol. The van der Waals surface area contributed by atoms with Crippen molar-refractivity contribution in [1.82, 2.24) is 10.2 Å². The first-order valence-electron chi connectivity index (χ1n) is 7.56. The fourth-order valence-electron chi connectivity index (χ4n) is 3.79. The number of hydrogen-bond donors (Lipinski definition) is 2. The van der Waals surface area contributed by atoms with E-state index in [4.69, 9.17) is 14.6 Å². The molecular formula is C15H20N2O6. The molecule has 0 aromatic heterocycles. The summed E-state index contributed by atoms with van der Waals surface area (Å²) in [6.45, 7) is 3.72. The SMILES string of the molecule is CC1=C[C@]2(C)O[C@@H]3C(=O)NC(=O)C3[C@@H]2N(C(=O)COCCO)C1. The van der Waals surface area contributed by atoms with Crippen LogP contribution in [0.25, 0.3) is 0 Å². The molecule has 3 heterocycles. The summed E-state index contributed by atoms with van der Waals surface area (Å²) in [6.07, 6.45) is 1.02. The number of nitrogens with one attached hydrogen (secondary N) is 1. The van der Waals surface area contributed by atoms with Crippen molar-refractivity contribution >= 4 is 17.7 Å². The van der Waals surface area contributed by atoms with Crippen molar-refractivity contribution in [2.45, 2.75) is 31.6 Å². The number of ether oxygens (including phenoxy) is 2. The zero-order valence-corrected chi connectivity index (χ0v) is 13.1. The van der Waals surface area contributed by atoms with E-state index in [1.807, 2.05) is 13.0 Å². The minimum absolute atomic E-state index is 0.0673. The van der Waals surface area contributed by atoms with E-state index in [1.165, 1.54) is 0 Å². The van der Waals surface area contributed by atoms with E-state index in [2.05, 4.69) is 5.32 Å². The van der Waals surface area contributed by atoms with Crippen LogP contribution in [0.15, 0.2) is 11.6 Å². The van der Waals surface area contributed by atoms with E-state index >= 15 is 0 Å². The van der Waals surface area contributed by atoms with Crippen LogP contribution in [0, 0.1) is 5.92 Å². The van der Waals surface area contributed by atoms with Gasteiger partial charge < -0.3 is 19.5 Å². The fourth-order valence-corrected chi connectivity index (χ4v) is 3.79. The summed E-state index contributed by atoms with van der Waals surface area (Å²) in [6, 6.07) is -0.548. The highest BCUT2D eigenvalue weighted by molar-refractivity contribution is 6.07. The average molecular weight is 324 g/mol. The molecule has 1 unspecified atom stereocenters. The monoisotopic (exact) mass is 324 g/mol. The summed E-state index contributed by atoms with van der Waals surface area (Å²) in [7, 11) is 0. The van der Waals surface area contributed by atoms with Gasteiger partial charge in [0.05, 0.1) is 25.2 Å². The van der Waals surface area contributed by atoms with E-state index in [9.17, 15) is 14.4 Å². The van der Waals surface area contributed by atoms with Gasteiger partial charge in [-0.1, -0.05) is 11.6 Å². The van der Waals surface area contributed by atoms with Crippen LogP contribution in [0.1, 0.15) is 13.8 Å². The molecule has 2 saturated heterocycles. The third kappa shape index (κ3) is 2.56. The van der Waals surface area contributed by atoms with E-state index in [1.54, 1.807) is 11.8 Å². The number of carbonyl (C=O) groups is 3. The van der Waals surface area contributed by atoms with Gasteiger partial charge in [-0.15, -0.1) is 0 Å². The van der Waals surface area contributed by atoms with Crippen molar-refractivity contribution in [3.05, 3.63) is 11.6 Å². The quantitative estimate of drug-likeness (QED) is 0.374. The van der Waals surface area contributed by atoms with Gasteiger partial charge in [-0.05, 0) is 13.8 Å². The Morgan fingerprint density at radius 3 is 2.96 bits per heavy atom. The molecule has 0 spiro atoms. The first kappa shape index (κ1) is 16.1. The summed E-state index contributed by atoms with van der Waals surface area (Å²) in [5.41, 5.74) is 0.0460. The summed E-state index contributed by atoms with van der Waals surface area (Å²) < 4.78 is 11.0. The number of imide groups is 1. The molecule has 8 heteroatoms. The van der Waals surface area contributed by atoms with Gasteiger partial charge in [-0.2, -0.15) is 0 Å². The Morgan fingerprint density at radius 1 is 1.52 bits per heavy atom. The number of hydrogen-bond acceptors (Lipinski definition) is 6. The minimum atomic E-state index is -0.877. The number of aliphatic hydroxyl groups excluding tert-OH is 1. The Bertz CT molecular complexity index is 589. The molecule has 3 aliphatic heterocycles. The van der Waals surface area contributed by atoms with Gasteiger partial charge in [0.15, 0.2) is 6.10 Å². The van der Waals surface area contributed by atoms with Crippen molar-refractivity contribution in [3.63, 3.8) is 0 Å². The summed E-state index contributed by atoms with van der Waals surface area (Å²) in [5.74, 6) is -1.86. The third-order valence-electron chi connectivity index (χ3n) is 4.51. The highest BCUT2D eigenvalue weighted by Gasteiger charge is 2.63. The standard InChI is InChI=1S/C15H20N2O6/c1-8-5-15(2)12(10-11(23-15)14(21)16-13(10)20)17(6-8)9(19)7-22-4-3-18/h5,10-12,18H,3-4,6-7H2,1-2H3,(H,16,20,21)/t10?,11-,12-,15-/m0/s1. The number of fused-ring (bicyclic) bond motifs is 3. The minimum Gasteiger partial charge on any atom is -0.394 e. The lowest BCUT2D eigenvalue weighted by atomic mass is 9.82. The Hall–Kier alpha value is -1.77. The van der Waals surface area contributed by atoms with Crippen molar-refractivity contribution in [3.8, 4) is 0 Å². The van der Waals surface area contributed by atoms with Crippen LogP contribution in [-0.2, 0) is 23.9 Å². The topological polar surface area (TPSA) is 105 Å². The first-order chi connectivity index (χ1) is 10.9. The maximum Gasteiger partial charge on any atom is 0.256 e. The second kappa shape index (κ2) is 5.70. The van der Waals surface area contributed by atoms with E-state index in [0.717, 1.165) is 5.57 Å². The average Bonchev–Trinajstić information content (AvgIpc) is 2.92. The van der Waals surface area contributed by atoms with Crippen molar-refractivity contribution in [1.29, 1.82) is 0 Å². The molecule has 0 bridgehead atoms. The Labute approximate surface area is 133 Å². The van der Waals surface area contributed by atoms with Crippen LogP contribution in [0.3, 0.4) is 0 Å². The van der Waals surface area contributed by atoms with Crippen LogP contribution in [0.5, 0.6) is 0 Å². The molecule has 3 rings (SSSR count). The van der Waals surface area contributed by atoms with Gasteiger partial charge in [0, 0.05) is 6.54 Å². The molecule has 8 nitrogen and oxygen atoms in total. The molecule has 3 amide bonds. The van der Waals surface area contributed by atoms with E-state index < -0.39 is 35.5 Å². The van der Waals surface area contributed by atoms with Gasteiger partial charge in [-0.3, -0.25) is 19.7 Å². The number of amides is 3. The molecule has 23 heavy (non-hydrogen) atoms. The van der Waals surface area contributed by atoms with Gasteiger partial charge >= 0.3 is 0 Å². The van der Waals surface area contributed by atoms with E-state index in [-0.39, 0.29) is 25.7 Å². The Balaban J connectivity index is 1.89. The Morgan fingerprint density at radius 2 is 2.26 bits per heavy atom. The highest BCUT2D eigenvalue weighted by atomic mass is 16.5. The second-order valence-corrected chi connectivity index (χ2v) is 6.33. The van der Waals surface area contributed by atoms with Crippen molar-refractivity contribution in [2.75, 3.05) is 26.4 Å². The molecule has 2 fully saturated rings. The lowest BCUT2D eigenvalue weighted by Crippen LogP contribution is -2.58. The van der Waals surface area contributed by atoms with Gasteiger partial charge in [0.25, 0.3) is 5.91 Å². The van der Waals surface area contributed by atoms with Crippen LogP contribution >= 0.6 is 0 Å². The van der Waals surface area contributed by atoms with Crippen LogP contribution < -0.4 is 5.32 Å². The number of aliphatic hydroxyl groups is 1. The number of carbonyl (C=O) groups excluding carboxylic acids is 3. The lowest BCUT2D eigenvalue weighted by molar-refractivity contribution is -0.144. The third-order valence-corrected chi connectivity index (χ3v) is 4.51. The number of rotatable bonds is 4. The van der Waals surface area contributed by atoms with Crippen LogP contribution in [-0.4, -0.2) is 71.8 Å². The lowest BCUT2D eigenvalue weighted by Gasteiger charge is -2.42. The van der Waals surface area contributed by atoms with Crippen LogP contribution in [0.2, 0.25) is 0 Å². The maximum absolute atomic E-state index is 12.5. The van der Waals surface area contributed by atoms with Gasteiger partial charge in [-0.25, -0.2) is 0 Å². The fraction of sp³-hybridized carbons (Fsp3) is 0.667. The molecule has 0 saturated carbocycles. The zero-order chi connectivity index (χ0) is 16.8. The maximum atomic E-state index is 12.5. The largest absolute Gasteiger partial charge is 0.394 e. The molecule has 0 aliphatic carbocycles. The molecule has 126 valence electrons. The normalized spacial score (nSPS) is 35.7. The predicted molar refractivity (Wildman–Crippen MR) is 77.1 cm³/mol. The summed E-state index contributed by atoms with van der Waals surface area (Å²) >= 11 is 0. The molecule has 2 N–H and O–H groups in total. The summed E-state index contributed by atoms with van der Waals surface area (Å²) in [5, 5.41) is 11.0. The first-order valence-corrected chi connectivity index (χ1v) is 7.56. The molecule has 0 aromatic rings. The molecule has 4 atom stereocenters. The van der Waals surface area contributed by atoms with Crippen molar-refractivity contribution < 1.29 is 29.0 Å². The zero-order valence-electron chi connectivity index (χ0n) is 13.1. The van der Waals surface area contributed by atoms with E-state index in [0.29, 0.717) is 6.54 Å². The molecule has 0 aromatic carbocycles. The molecule has 0 radical (unpaired) electrons. The number of nitrogens with zero attached hydrogens (tertiary/aromatic N) is 1. The second-order valence-electron chi connectivity index (χ2n) is 6.33. The Kier molecular flexibility index (Phi) is 3.99. The molecule has 3 aliphatic rings. The van der Waals surface area contributed by atoms with Gasteiger partial charge in [0.1, 0.15) is 12.2 Å². The smallest absolute Gasteiger partial charge is 0.256 e. The van der Waals surface area contributed by atoms with Crippen LogP contribution in [0.4, 0.5) is 0 Å².